The minimum absolute atomic E-state index is 0.130. The first-order valence-electron chi connectivity index (χ1n) is 9.29. The quantitative estimate of drug-likeness (QED) is 0.686. The molecule has 3 aromatic rings. The fourth-order valence-corrected chi connectivity index (χ4v) is 4.37. The Kier molecular flexibility index (Phi) is 5.12. The summed E-state index contributed by atoms with van der Waals surface area (Å²) in [6.45, 7) is 2.40. The predicted molar refractivity (Wildman–Crippen MR) is 109 cm³/mol. The number of hydrogen-bond donors (Lipinski definition) is 1. The topological polar surface area (TPSA) is 97.2 Å². The summed E-state index contributed by atoms with van der Waals surface area (Å²) in [7, 11) is -3.28. The van der Waals surface area contributed by atoms with Crippen molar-refractivity contribution in [2.75, 3.05) is 18.1 Å². The molecule has 2 heterocycles. The molecule has 0 spiro atoms. The van der Waals surface area contributed by atoms with Crippen LogP contribution in [-0.2, 0) is 23.0 Å². The highest BCUT2D eigenvalue weighted by atomic mass is 32.2. The van der Waals surface area contributed by atoms with E-state index in [1.807, 2.05) is 18.2 Å². The van der Waals surface area contributed by atoms with Gasteiger partial charge in [0.2, 0.25) is 10.0 Å². The van der Waals surface area contributed by atoms with Gasteiger partial charge in [-0.25, -0.2) is 17.5 Å². The molecule has 0 bridgehead atoms. The van der Waals surface area contributed by atoms with Crippen LogP contribution in [0.15, 0.2) is 42.5 Å². The van der Waals surface area contributed by atoms with Gasteiger partial charge in [-0.3, -0.25) is 4.79 Å². The van der Waals surface area contributed by atoms with E-state index in [0.717, 1.165) is 16.8 Å². The number of aromatic nitrogens is 3. The van der Waals surface area contributed by atoms with Crippen LogP contribution in [0.2, 0.25) is 0 Å². The first-order valence-corrected chi connectivity index (χ1v) is 11.1. The van der Waals surface area contributed by atoms with Crippen LogP contribution in [0.25, 0.3) is 5.69 Å². The van der Waals surface area contributed by atoms with Crippen LogP contribution in [0.5, 0.6) is 0 Å². The van der Waals surface area contributed by atoms with Crippen molar-refractivity contribution in [3.63, 3.8) is 0 Å². The van der Waals surface area contributed by atoms with E-state index in [1.54, 1.807) is 17.7 Å². The Labute approximate surface area is 173 Å². The monoisotopic (exact) mass is 429 g/mol. The number of carbonyl (C=O) groups excluding carboxylic acids is 1. The number of carbonyl (C=O) groups is 1. The summed E-state index contributed by atoms with van der Waals surface area (Å²) in [5.74, 6) is -0.940. The highest BCUT2D eigenvalue weighted by molar-refractivity contribution is 7.88. The summed E-state index contributed by atoms with van der Waals surface area (Å²) in [6.07, 6.45) is 1.73. The Balaban J connectivity index is 1.64. The third kappa shape index (κ3) is 3.83. The minimum atomic E-state index is -3.28. The van der Waals surface area contributed by atoms with Crippen molar-refractivity contribution in [1.29, 1.82) is 0 Å². The molecule has 0 saturated heterocycles. The second-order valence-electron chi connectivity index (χ2n) is 7.16. The summed E-state index contributed by atoms with van der Waals surface area (Å²) in [4.78, 5) is 12.6. The number of sulfonamides is 1. The Morgan fingerprint density at radius 2 is 1.97 bits per heavy atom. The van der Waals surface area contributed by atoms with E-state index < -0.39 is 21.7 Å². The largest absolute Gasteiger partial charge is 0.320 e. The van der Waals surface area contributed by atoms with Gasteiger partial charge in [-0.15, -0.1) is 5.10 Å². The lowest BCUT2D eigenvalue weighted by molar-refractivity contribution is 0.102. The van der Waals surface area contributed by atoms with Gasteiger partial charge in [0.05, 0.1) is 17.6 Å². The first-order chi connectivity index (χ1) is 14.2. The fourth-order valence-electron chi connectivity index (χ4n) is 3.57. The number of halogens is 1. The standard InChI is InChI=1S/C20H20FN5O3S/c1-13-19(20(27)22-16-7-4-6-15(21)11-16)23-24-26(13)18-8-3-5-14-12-25(30(2,28)29)10-9-17(14)18/h3-8,11H,9-10,12H2,1-2H3,(H,22,27). The van der Waals surface area contributed by atoms with Crippen LogP contribution in [0.1, 0.15) is 27.3 Å². The predicted octanol–water partition coefficient (Wildman–Crippen LogP) is 2.28. The molecule has 1 aliphatic rings. The lowest BCUT2D eigenvalue weighted by atomic mass is 9.99. The summed E-state index contributed by atoms with van der Waals surface area (Å²) < 4.78 is 40.1. The van der Waals surface area contributed by atoms with Crippen LogP contribution in [0.3, 0.4) is 0 Å². The maximum atomic E-state index is 13.4. The molecule has 1 N–H and O–H groups in total. The Morgan fingerprint density at radius 1 is 1.20 bits per heavy atom. The van der Waals surface area contributed by atoms with Gasteiger partial charge in [0.25, 0.3) is 5.91 Å². The van der Waals surface area contributed by atoms with Crippen LogP contribution in [0.4, 0.5) is 10.1 Å². The highest BCUT2D eigenvalue weighted by Crippen LogP contribution is 2.27. The molecule has 0 aliphatic carbocycles. The number of hydrogen-bond acceptors (Lipinski definition) is 5. The van der Waals surface area contributed by atoms with Gasteiger partial charge in [0.1, 0.15) is 5.82 Å². The molecule has 0 atom stereocenters. The zero-order valence-electron chi connectivity index (χ0n) is 16.5. The molecule has 1 amide bonds. The van der Waals surface area contributed by atoms with Gasteiger partial charge in [0.15, 0.2) is 5.69 Å². The third-order valence-electron chi connectivity index (χ3n) is 5.10. The van der Waals surface area contributed by atoms with E-state index in [0.29, 0.717) is 30.9 Å². The number of anilines is 1. The van der Waals surface area contributed by atoms with Crippen LogP contribution >= 0.6 is 0 Å². The molecule has 8 nitrogen and oxygen atoms in total. The molecule has 1 aromatic heterocycles. The highest BCUT2D eigenvalue weighted by Gasteiger charge is 2.26. The van der Waals surface area contributed by atoms with Gasteiger partial charge in [-0.1, -0.05) is 23.4 Å². The van der Waals surface area contributed by atoms with E-state index in [9.17, 15) is 17.6 Å². The molecule has 4 rings (SSSR count). The van der Waals surface area contributed by atoms with Crippen molar-refractivity contribution >= 4 is 21.6 Å². The summed E-state index contributed by atoms with van der Waals surface area (Å²) >= 11 is 0. The van der Waals surface area contributed by atoms with E-state index in [4.69, 9.17) is 0 Å². The Morgan fingerprint density at radius 3 is 2.70 bits per heavy atom. The number of amides is 1. The summed E-state index contributed by atoms with van der Waals surface area (Å²) in [5.41, 5.74) is 3.61. The zero-order valence-corrected chi connectivity index (χ0v) is 17.3. The molecule has 2 aromatic carbocycles. The van der Waals surface area contributed by atoms with E-state index in [1.165, 1.54) is 28.8 Å². The molecule has 0 radical (unpaired) electrons. The van der Waals surface area contributed by atoms with E-state index in [2.05, 4.69) is 15.6 Å². The lowest BCUT2D eigenvalue weighted by Gasteiger charge is -2.28. The smallest absolute Gasteiger partial charge is 0.278 e. The third-order valence-corrected chi connectivity index (χ3v) is 6.35. The van der Waals surface area contributed by atoms with Crippen LogP contribution in [-0.4, -0.2) is 46.4 Å². The number of rotatable bonds is 4. The molecule has 156 valence electrons. The maximum Gasteiger partial charge on any atom is 0.278 e. The van der Waals surface area contributed by atoms with E-state index >= 15 is 0 Å². The van der Waals surface area contributed by atoms with Gasteiger partial charge in [-0.2, -0.15) is 4.31 Å². The molecule has 0 fully saturated rings. The average Bonchev–Trinajstić information content (AvgIpc) is 3.07. The number of nitrogens with one attached hydrogen (secondary N) is 1. The van der Waals surface area contributed by atoms with Gasteiger partial charge < -0.3 is 5.32 Å². The normalized spacial score (nSPS) is 14.4. The summed E-state index contributed by atoms with van der Waals surface area (Å²) in [6, 6.07) is 11.2. The SMILES string of the molecule is Cc1c(C(=O)Nc2cccc(F)c2)nnn1-c1cccc2c1CCN(S(C)(=O)=O)C2. The van der Waals surface area contributed by atoms with Gasteiger partial charge in [-0.05, 0) is 48.7 Å². The molecule has 0 unspecified atom stereocenters. The number of nitrogens with zero attached hydrogens (tertiary/aromatic N) is 4. The van der Waals surface area contributed by atoms with Crippen LogP contribution < -0.4 is 5.32 Å². The van der Waals surface area contributed by atoms with Crippen molar-refractivity contribution in [2.24, 2.45) is 0 Å². The van der Waals surface area contributed by atoms with Crippen molar-refractivity contribution in [3.8, 4) is 5.69 Å². The van der Waals surface area contributed by atoms with Gasteiger partial charge >= 0.3 is 0 Å². The van der Waals surface area contributed by atoms with Crippen molar-refractivity contribution in [3.05, 3.63) is 70.8 Å². The molecule has 1 aliphatic heterocycles. The maximum absolute atomic E-state index is 13.4. The molecule has 30 heavy (non-hydrogen) atoms. The Bertz CT molecular complexity index is 1240. The lowest BCUT2D eigenvalue weighted by Crippen LogP contribution is -2.35. The average molecular weight is 429 g/mol. The molecule has 0 saturated carbocycles. The molecule has 10 heteroatoms. The van der Waals surface area contributed by atoms with Crippen LogP contribution in [0, 0.1) is 12.7 Å². The van der Waals surface area contributed by atoms with Crippen molar-refractivity contribution in [2.45, 2.75) is 19.9 Å². The summed E-state index contributed by atoms with van der Waals surface area (Å²) in [5, 5.41) is 10.8. The number of benzene rings is 2. The minimum Gasteiger partial charge on any atom is -0.320 e. The number of fused-ring (bicyclic) bond motifs is 1. The van der Waals surface area contributed by atoms with Crippen molar-refractivity contribution in [1.82, 2.24) is 19.3 Å². The Hall–Kier alpha value is -3.11. The molecular formula is C20H20FN5O3S. The molecular weight excluding hydrogens is 409 g/mol. The first kappa shape index (κ1) is 20.2. The van der Waals surface area contributed by atoms with E-state index in [-0.39, 0.29) is 5.69 Å². The van der Waals surface area contributed by atoms with Crippen molar-refractivity contribution < 1.29 is 17.6 Å². The second-order valence-corrected chi connectivity index (χ2v) is 9.14. The second kappa shape index (κ2) is 7.62. The van der Waals surface area contributed by atoms with Gasteiger partial charge in [0, 0.05) is 18.8 Å². The zero-order chi connectivity index (χ0) is 21.5. The fraction of sp³-hybridized carbons (Fsp3) is 0.250.